The molecule has 1 N–H and O–H groups in total. The van der Waals surface area contributed by atoms with Crippen LogP contribution in [-0.2, 0) is 6.54 Å². The van der Waals surface area contributed by atoms with Crippen LogP contribution in [0.1, 0.15) is 5.56 Å². The summed E-state index contributed by atoms with van der Waals surface area (Å²) in [6, 6.07) is 6.37. The van der Waals surface area contributed by atoms with E-state index in [1.807, 2.05) is 6.07 Å². The van der Waals surface area contributed by atoms with Gasteiger partial charge in [-0.15, -0.1) is 0 Å². The van der Waals surface area contributed by atoms with Crippen molar-refractivity contribution in [1.29, 1.82) is 0 Å². The van der Waals surface area contributed by atoms with Gasteiger partial charge in [-0.2, -0.15) is 0 Å². The lowest BCUT2D eigenvalue weighted by molar-refractivity contribution is 0.628. The Bertz CT molecular complexity index is 532. The van der Waals surface area contributed by atoms with Crippen molar-refractivity contribution in [2.75, 3.05) is 5.32 Å². The van der Waals surface area contributed by atoms with Crippen LogP contribution in [0, 0.1) is 5.82 Å². The van der Waals surface area contributed by atoms with Gasteiger partial charge in [0.2, 0.25) is 0 Å². The molecule has 5 heteroatoms. The summed E-state index contributed by atoms with van der Waals surface area (Å²) in [4.78, 5) is 3.89. The zero-order valence-electron chi connectivity index (χ0n) is 8.75. The van der Waals surface area contributed by atoms with Gasteiger partial charge in [-0.25, -0.2) is 4.39 Å². The van der Waals surface area contributed by atoms with Gasteiger partial charge in [0.15, 0.2) is 0 Å². The van der Waals surface area contributed by atoms with Gasteiger partial charge in [-0.3, -0.25) is 4.98 Å². The second kappa shape index (κ2) is 5.34. The summed E-state index contributed by atoms with van der Waals surface area (Å²) in [5.41, 5.74) is 1.55. The molecule has 0 aliphatic rings. The van der Waals surface area contributed by atoms with E-state index >= 15 is 0 Å². The van der Waals surface area contributed by atoms with E-state index < -0.39 is 5.82 Å². The molecule has 1 aromatic heterocycles. The Labute approximate surface area is 108 Å². The number of aromatic nitrogens is 1. The molecule has 0 radical (unpaired) electrons. The Balaban J connectivity index is 2.08. The summed E-state index contributed by atoms with van der Waals surface area (Å²) < 4.78 is 13.2. The highest BCUT2D eigenvalue weighted by Crippen LogP contribution is 2.20. The Kier molecular flexibility index (Phi) is 3.82. The highest BCUT2D eigenvalue weighted by Gasteiger charge is 2.02. The fourth-order valence-corrected chi connectivity index (χ4v) is 1.65. The molecule has 0 aliphatic heterocycles. The van der Waals surface area contributed by atoms with Crippen molar-refractivity contribution in [2.24, 2.45) is 0 Å². The van der Waals surface area contributed by atoms with Crippen molar-refractivity contribution in [2.45, 2.75) is 6.54 Å². The van der Waals surface area contributed by atoms with E-state index in [9.17, 15) is 4.39 Å². The number of pyridine rings is 1. The molecule has 17 heavy (non-hydrogen) atoms. The molecule has 0 bridgehead atoms. The summed E-state index contributed by atoms with van der Waals surface area (Å²) in [5.74, 6) is -0.447. The lowest BCUT2D eigenvalue weighted by Crippen LogP contribution is -2.00. The van der Waals surface area contributed by atoms with Crippen molar-refractivity contribution < 1.29 is 4.39 Å². The molecule has 0 saturated heterocycles. The quantitative estimate of drug-likeness (QED) is 0.907. The van der Waals surface area contributed by atoms with E-state index in [0.29, 0.717) is 17.3 Å². The van der Waals surface area contributed by atoms with Crippen LogP contribution in [0.3, 0.4) is 0 Å². The van der Waals surface area contributed by atoms with Crippen molar-refractivity contribution in [3.05, 3.63) is 58.1 Å². The van der Waals surface area contributed by atoms with E-state index in [0.717, 1.165) is 5.56 Å². The SMILES string of the molecule is Fc1cc(NCc2ccncc2Cl)ccc1Cl. The molecular weight excluding hydrogens is 262 g/mol. The first kappa shape index (κ1) is 12.1. The number of benzene rings is 1. The number of hydrogen-bond acceptors (Lipinski definition) is 2. The van der Waals surface area contributed by atoms with Crippen molar-refractivity contribution in [3.63, 3.8) is 0 Å². The molecule has 1 heterocycles. The summed E-state index contributed by atoms with van der Waals surface area (Å²) in [5, 5.41) is 3.75. The van der Waals surface area contributed by atoms with Gasteiger partial charge >= 0.3 is 0 Å². The average molecular weight is 271 g/mol. The molecule has 0 atom stereocenters. The molecule has 0 unspecified atom stereocenters. The number of nitrogens with one attached hydrogen (secondary N) is 1. The third-order valence-electron chi connectivity index (χ3n) is 2.26. The summed E-state index contributed by atoms with van der Waals surface area (Å²) in [7, 11) is 0. The van der Waals surface area contributed by atoms with Crippen molar-refractivity contribution in [3.8, 4) is 0 Å². The van der Waals surface area contributed by atoms with E-state index in [2.05, 4.69) is 10.3 Å². The van der Waals surface area contributed by atoms with Crippen LogP contribution in [0.25, 0.3) is 0 Å². The fraction of sp³-hybridized carbons (Fsp3) is 0.0833. The van der Waals surface area contributed by atoms with Gasteiger partial charge in [0, 0.05) is 24.6 Å². The van der Waals surface area contributed by atoms with Gasteiger partial charge in [0.25, 0.3) is 0 Å². The third-order valence-corrected chi connectivity index (χ3v) is 2.91. The number of nitrogens with zero attached hydrogens (tertiary/aromatic N) is 1. The van der Waals surface area contributed by atoms with Gasteiger partial charge in [-0.1, -0.05) is 23.2 Å². The van der Waals surface area contributed by atoms with Gasteiger partial charge in [0.1, 0.15) is 5.82 Å². The van der Waals surface area contributed by atoms with E-state index in [1.165, 1.54) is 12.1 Å². The van der Waals surface area contributed by atoms with Crippen LogP contribution in [0.5, 0.6) is 0 Å². The van der Waals surface area contributed by atoms with Crippen LogP contribution < -0.4 is 5.32 Å². The Morgan fingerprint density at radius 2 is 2.00 bits per heavy atom. The van der Waals surface area contributed by atoms with Crippen LogP contribution in [0.4, 0.5) is 10.1 Å². The molecular formula is C12H9Cl2FN2. The molecule has 0 saturated carbocycles. The van der Waals surface area contributed by atoms with Crippen LogP contribution in [0.15, 0.2) is 36.7 Å². The van der Waals surface area contributed by atoms with E-state index in [1.54, 1.807) is 18.5 Å². The maximum Gasteiger partial charge on any atom is 0.143 e. The number of rotatable bonds is 3. The fourth-order valence-electron chi connectivity index (χ4n) is 1.35. The standard InChI is InChI=1S/C12H9Cl2FN2/c13-10-2-1-9(5-12(10)15)17-6-8-3-4-16-7-11(8)14/h1-5,7,17H,6H2. The van der Waals surface area contributed by atoms with Gasteiger partial charge in [0.05, 0.1) is 10.0 Å². The Hall–Kier alpha value is -1.32. The Morgan fingerprint density at radius 3 is 2.71 bits per heavy atom. The predicted molar refractivity (Wildman–Crippen MR) is 68.0 cm³/mol. The number of hydrogen-bond donors (Lipinski definition) is 1. The molecule has 2 nitrogen and oxygen atoms in total. The smallest absolute Gasteiger partial charge is 0.143 e. The highest BCUT2D eigenvalue weighted by molar-refractivity contribution is 6.31. The zero-order chi connectivity index (χ0) is 12.3. The number of anilines is 1. The van der Waals surface area contributed by atoms with Gasteiger partial charge in [-0.05, 0) is 29.8 Å². The number of halogens is 3. The summed E-state index contributed by atoms with van der Waals surface area (Å²) in [6.07, 6.45) is 3.23. The largest absolute Gasteiger partial charge is 0.381 e. The van der Waals surface area contributed by atoms with Gasteiger partial charge < -0.3 is 5.32 Å². The molecule has 2 rings (SSSR count). The molecule has 0 aliphatic carbocycles. The minimum Gasteiger partial charge on any atom is -0.381 e. The zero-order valence-corrected chi connectivity index (χ0v) is 10.3. The second-order valence-corrected chi connectivity index (χ2v) is 4.26. The van der Waals surface area contributed by atoms with E-state index in [4.69, 9.17) is 23.2 Å². The minimum absolute atomic E-state index is 0.109. The van der Waals surface area contributed by atoms with Crippen molar-refractivity contribution >= 4 is 28.9 Å². The molecule has 2 aromatic rings. The summed E-state index contributed by atoms with van der Waals surface area (Å²) in [6.45, 7) is 0.502. The first-order chi connectivity index (χ1) is 8.16. The normalized spacial score (nSPS) is 10.3. The minimum atomic E-state index is -0.447. The molecule has 0 amide bonds. The molecule has 88 valence electrons. The van der Waals surface area contributed by atoms with Crippen molar-refractivity contribution in [1.82, 2.24) is 4.98 Å². The predicted octanol–water partition coefficient (Wildman–Crippen LogP) is 4.14. The molecule has 1 aromatic carbocycles. The molecule has 0 fully saturated rings. The lowest BCUT2D eigenvalue weighted by Gasteiger charge is -2.08. The van der Waals surface area contributed by atoms with Crippen LogP contribution in [0.2, 0.25) is 10.0 Å². The second-order valence-electron chi connectivity index (χ2n) is 3.45. The summed E-state index contributed by atoms with van der Waals surface area (Å²) >= 11 is 11.5. The first-order valence-corrected chi connectivity index (χ1v) is 5.70. The maximum atomic E-state index is 13.2. The third kappa shape index (κ3) is 3.08. The monoisotopic (exact) mass is 270 g/mol. The lowest BCUT2D eigenvalue weighted by atomic mass is 10.2. The highest BCUT2D eigenvalue weighted by atomic mass is 35.5. The molecule has 0 spiro atoms. The maximum absolute atomic E-state index is 13.2. The Morgan fingerprint density at radius 1 is 1.18 bits per heavy atom. The van der Waals surface area contributed by atoms with Crippen LogP contribution in [-0.4, -0.2) is 4.98 Å². The first-order valence-electron chi connectivity index (χ1n) is 4.94. The average Bonchev–Trinajstić information content (AvgIpc) is 2.32. The van der Waals surface area contributed by atoms with Crippen LogP contribution >= 0.6 is 23.2 Å². The van der Waals surface area contributed by atoms with E-state index in [-0.39, 0.29) is 5.02 Å². The topological polar surface area (TPSA) is 24.9 Å².